The van der Waals surface area contributed by atoms with Gasteiger partial charge in [-0.1, -0.05) is 40.7 Å². The van der Waals surface area contributed by atoms with Gasteiger partial charge in [-0.15, -0.1) is 0 Å². The molecule has 0 radical (unpaired) electrons. The molecule has 1 aromatic rings. The van der Waals surface area contributed by atoms with Gasteiger partial charge in [0, 0.05) is 9.79 Å². The number of aliphatic hydroxyl groups excluding tert-OH is 1. The molecule has 1 atom stereocenters. The smallest absolute Gasteiger partial charge is 0.279 e. The van der Waals surface area contributed by atoms with E-state index in [2.05, 4.69) is 27.5 Å². The first-order valence-electron chi connectivity index (χ1n) is 6.50. The van der Waals surface area contributed by atoms with Gasteiger partial charge in [0.25, 0.3) is 7.37 Å². The Morgan fingerprint density at radius 1 is 1.57 bits per heavy atom. The van der Waals surface area contributed by atoms with Crippen LogP contribution in [-0.4, -0.2) is 16.7 Å². The summed E-state index contributed by atoms with van der Waals surface area (Å²) in [5.41, 5.74) is 0.715. The van der Waals surface area contributed by atoms with E-state index in [1.807, 2.05) is 13.0 Å². The third-order valence-corrected chi connectivity index (χ3v) is 5.54. The Bertz CT molecular complexity index is 611. The topological polar surface area (TPSA) is 59.4 Å². The highest BCUT2D eigenvalue weighted by molar-refractivity contribution is 9.10. The van der Waals surface area contributed by atoms with Gasteiger partial charge in [-0.2, -0.15) is 0 Å². The van der Waals surface area contributed by atoms with Crippen molar-refractivity contribution in [3.63, 3.8) is 0 Å². The predicted molar refractivity (Wildman–Crippen MR) is 89.8 cm³/mol. The fourth-order valence-electron chi connectivity index (χ4n) is 1.70. The molecule has 0 aliphatic rings. The van der Waals surface area contributed by atoms with Gasteiger partial charge >= 0.3 is 0 Å². The van der Waals surface area contributed by atoms with Crippen LogP contribution in [0.2, 0.25) is 0 Å². The lowest BCUT2D eigenvalue weighted by atomic mass is 10.4. The molecule has 1 heterocycles. The minimum absolute atomic E-state index is 0.236. The van der Waals surface area contributed by atoms with Gasteiger partial charge in [0.15, 0.2) is 0 Å². The van der Waals surface area contributed by atoms with Crippen molar-refractivity contribution < 1.29 is 14.2 Å². The molecule has 1 N–H and O–H groups in total. The van der Waals surface area contributed by atoms with Crippen LogP contribution < -0.4 is 5.44 Å². The van der Waals surface area contributed by atoms with Gasteiger partial charge in [-0.3, -0.25) is 4.57 Å². The first kappa shape index (κ1) is 18.1. The highest BCUT2D eigenvalue weighted by atomic mass is 79.9. The lowest BCUT2D eigenvalue weighted by molar-refractivity contribution is 0.277. The van der Waals surface area contributed by atoms with Crippen LogP contribution in [0.5, 0.6) is 0 Å². The molecule has 0 aromatic carbocycles. The Labute approximate surface area is 133 Å². The Hall–Kier alpha value is -1.00. The van der Waals surface area contributed by atoms with Gasteiger partial charge in [-0.25, -0.2) is 4.98 Å². The maximum absolute atomic E-state index is 13.3. The summed E-state index contributed by atoms with van der Waals surface area (Å²) in [5, 5.41) is 9.73. The van der Waals surface area contributed by atoms with Crippen LogP contribution in [-0.2, 0) is 15.7 Å². The van der Waals surface area contributed by atoms with Gasteiger partial charge in [0.2, 0.25) is 0 Å². The van der Waals surface area contributed by atoms with Gasteiger partial charge < -0.3 is 9.63 Å². The van der Waals surface area contributed by atoms with Gasteiger partial charge in [0.05, 0.1) is 18.9 Å². The van der Waals surface area contributed by atoms with Crippen molar-refractivity contribution in [2.75, 3.05) is 6.61 Å². The van der Waals surface area contributed by atoms with E-state index < -0.39 is 7.37 Å². The van der Waals surface area contributed by atoms with E-state index in [1.54, 1.807) is 31.2 Å². The van der Waals surface area contributed by atoms with E-state index in [0.29, 0.717) is 20.9 Å². The van der Waals surface area contributed by atoms with Crippen LogP contribution in [0.25, 0.3) is 0 Å². The highest BCUT2D eigenvalue weighted by Gasteiger charge is 2.31. The molecule has 0 aliphatic carbocycles. The zero-order valence-corrected chi connectivity index (χ0v) is 14.6. The molecular weight excluding hydrogens is 353 g/mol. The second-order valence-corrected chi connectivity index (χ2v) is 7.34. The summed E-state index contributed by atoms with van der Waals surface area (Å²) in [7, 11) is -3.34. The van der Waals surface area contributed by atoms with Crippen molar-refractivity contribution in [3.05, 3.63) is 58.5 Å². The summed E-state index contributed by atoms with van der Waals surface area (Å²) in [6.45, 7) is 7.39. The molecule has 0 saturated carbocycles. The van der Waals surface area contributed by atoms with Crippen LogP contribution in [0.4, 0.5) is 0 Å². The average Bonchev–Trinajstić information content (AvgIpc) is 2.47. The average molecular weight is 372 g/mol. The fraction of sp³-hybridized carbons (Fsp3) is 0.267. The number of rotatable bonds is 7. The maximum atomic E-state index is 13.3. The Kier molecular flexibility index (Phi) is 7.26. The molecule has 0 bridgehead atoms. The first-order valence-corrected chi connectivity index (χ1v) is 8.92. The number of pyridine rings is 1. The molecule has 4 nitrogen and oxygen atoms in total. The Morgan fingerprint density at radius 2 is 2.29 bits per heavy atom. The van der Waals surface area contributed by atoms with E-state index in [1.165, 1.54) is 6.08 Å². The van der Waals surface area contributed by atoms with Crippen molar-refractivity contribution in [3.8, 4) is 0 Å². The molecular formula is C15H19BrNO3P. The third-order valence-electron chi connectivity index (χ3n) is 2.61. The van der Waals surface area contributed by atoms with E-state index in [9.17, 15) is 9.67 Å². The summed E-state index contributed by atoms with van der Waals surface area (Å²) in [6, 6.07) is 3.31. The number of hydrogen-bond acceptors (Lipinski definition) is 4. The summed E-state index contributed by atoms with van der Waals surface area (Å²) in [5.74, 6) is 0. The highest BCUT2D eigenvalue weighted by Crippen LogP contribution is 2.54. The predicted octanol–water partition coefficient (Wildman–Crippen LogP) is 3.92. The number of nitrogens with zero attached hydrogens (tertiary/aromatic N) is 1. The lowest BCUT2D eigenvalue weighted by Gasteiger charge is -2.19. The zero-order valence-electron chi connectivity index (χ0n) is 12.1. The maximum Gasteiger partial charge on any atom is 0.279 e. The molecule has 21 heavy (non-hydrogen) atoms. The summed E-state index contributed by atoms with van der Waals surface area (Å²) in [6.07, 6.45) is 6.81. The van der Waals surface area contributed by atoms with Crippen molar-refractivity contribution in [1.29, 1.82) is 0 Å². The molecule has 6 heteroatoms. The third kappa shape index (κ3) is 4.48. The molecule has 1 rings (SSSR count). The minimum atomic E-state index is -3.34. The standard InChI is InChI=1S/C15H19BrNO3P/c1-4-7-8-14(5-2)21(19,20-6-3)15-10-12(16)9-13(11-18)17-15/h4-5,7-10,18H,2,6,11H2,1,3H3. The molecule has 0 spiro atoms. The normalized spacial score (nSPS) is 15.1. The van der Waals surface area contributed by atoms with Crippen molar-refractivity contribution in [1.82, 2.24) is 4.98 Å². The van der Waals surface area contributed by atoms with E-state index in [0.717, 1.165) is 0 Å². The van der Waals surface area contributed by atoms with E-state index >= 15 is 0 Å². The number of hydrogen-bond donors (Lipinski definition) is 1. The quantitative estimate of drug-likeness (QED) is 0.582. The fourth-order valence-corrected chi connectivity index (χ4v) is 4.36. The van der Waals surface area contributed by atoms with E-state index in [4.69, 9.17) is 4.52 Å². The van der Waals surface area contributed by atoms with E-state index in [-0.39, 0.29) is 13.2 Å². The SMILES string of the molecule is C=CC(=CC=CC)P(=O)(OCC)c1cc(Br)cc(CO)n1. The van der Waals surface area contributed by atoms with Crippen molar-refractivity contribution in [2.24, 2.45) is 0 Å². The minimum Gasteiger partial charge on any atom is -0.390 e. The molecule has 1 aromatic heterocycles. The Balaban J connectivity index is 3.49. The number of halogens is 1. The van der Waals surface area contributed by atoms with Crippen LogP contribution in [0.3, 0.4) is 0 Å². The summed E-state index contributed by atoms with van der Waals surface area (Å²) < 4.78 is 19.5. The number of allylic oxidation sites excluding steroid dienone is 5. The molecule has 0 fully saturated rings. The van der Waals surface area contributed by atoms with Crippen LogP contribution in [0.1, 0.15) is 19.5 Å². The molecule has 0 amide bonds. The number of aliphatic hydroxyl groups is 1. The molecule has 0 saturated heterocycles. The zero-order chi connectivity index (χ0) is 15.9. The number of aromatic nitrogens is 1. The van der Waals surface area contributed by atoms with Crippen LogP contribution >= 0.6 is 23.3 Å². The van der Waals surface area contributed by atoms with Gasteiger partial charge in [0.1, 0.15) is 5.44 Å². The molecule has 114 valence electrons. The monoisotopic (exact) mass is 371 g/mol. The van der Waals surface area contributed by atoms with Crippen LogP contribution in [0, 0.1) is 0 Å². The first-order chi connectivity index (χ1) is 10.0. The van der Waals surface area contributed by atoms with Crippen LogP contribution in [0.15, 0.2) is 52.8 Å². The Morgan fingerprint density at radius 3 is 2.81 bits per heavy atom. The second-order valence-electron chi connectivity index (χ2n) is 4.08. The van der Waals surface area contributed by atoms with Crippen molar-refractivity contribution >= 4 is 28.7 Å². The molecule has 1 unspecified atom stereocenters. The summed E-state index contributed by atoms with van der Waals surface area (Å²) in [4.78, 5) is 4.24. The van der Waals surface area contributed by atoms with Gasteiger partial charge in [-0.05, 0) is 32.1 Å². The van der Waals surface area contributed by atoms with Crippen molar-refractivity contribution in [2.45, 2.75) is 20.5 Å². The second kappa shape index (κ2) is 8.44. The largest absolute Gasteiger partial charge is 0.390 e. The molecule has 0 aliphatic heterocycles. The lowest BCUT2D eigenvalue weighted by Crippen LogP contribution is -2.15. The summed E-state index contributed by atoms with van der Waals surface area (Å²) >= 11 is 3.33.